The number of hydrogen-bond acceptors (Lipinski definition) is 7. The lowest BCUT2D eigenvalue weighted by atomic mass is 10.3. The molecule has 0 aromatic rings. The van der Waals surface area contributed by atoms with Crippen LogP contribution in [0.2, 0.25) is 0 Å². The molecule has 0 aliphatic carbocycles. The second-order valence-corrected chi connectivity index (χ2v) is 10.2. The normalized spacial score (nSPS) is 20.4. The summed E-state index contributed by atoms with van der Waals surface area (Å²) in [5, 5.41) is 27.8. The van der Waals surface area contributed by atoms with Crippen LogP contribution in [0.3, 0.4) is 0 Å². The average Bonchev–Trinajstić information content (AvgIpc) is 2.65. The minimum Gasteiger partial charge on any atom is -0.480 e. The Morgan fingerprint density at radius 2 is 1.19 bits per heavy atom. The fourth-order valence-electron chi connectivity index (χ4n) is 3.36. The molecule has 1 saturated heterocycles. The van der Waals surface area contributed by atoms with Gasteiger partial charge in [0.25, 0.3) is 0 Å². The van der Waals surface area contributed by atoms with Gasteiger partial charge in [-0.15, -0.1) is 0 Å². The molecule has 0 spiro atoms. The first-order chi connectivity index (χ1) is 14.5. The molecule has 1 atom stereocenters. The summed E-state index contributed by atoms with van der Waals surface area (Å²) in [6, 6.07) is 0. The Balaban J connectivity index is 2.97. The van der Waals surface area contributed by atoms with E-state index in [1.165, 1.54) is 4.90 Å². The second kappa shape index (κ2) is 13.6. The average molecular weight is 466 g/mol. The molecular formula is C18H35N4O8P. The Kier molecular flexibility index (Phi) is 12.0. The Hall–Kier alpha value is -1.72. The Morgan fingerprint density at radius 1 is 0.774 bits per heavy atom. The Labute approximate surface area is 182 Å². The molecule has 0 saturated carbocycles. The van der Waals surface area contributed by atoms with Gasteiger partial charge in [-0.1, -0.05) is 13.3 Å². The SMILES string of the molecule is CCCCP(=O)(O)CN1CCN(CC(=O)O)CCN(CC(=O)O)CCN(C(=O)O)CC1. The van der Waals surface area contributed by atoms with E-state index in [9.17, 15) is 34.1 Å². The van der Waals surface area contributed by atoms with Crippen molar-refractivity contribution in [2.24, 2.45) is 0 Å². The van der Waals surface area contributed by atoms with Crippen molar-refractivity contribution in [1.29, 1.82) is 0 Å². The van der Waals surface area contributed by atoms with Crippen molar-refractivity contribution in [3.05, 3.63) is 0 Å². The quantitative estimate of drug-likeness (QED) is 0.341. The van der Waals surface area contributed by atoms with Crippen LogP contribution in [-0.4, -0.2) is 136 Å². The molecule has 1 unspecified atom stereocenters. The molecule has 13 heteroatoms. The number of amides is 1. The largest absolute Gasteiger partial charge is 0.480 e. The molecule has 0 aromatic carbocycles. The van der Waals surface area contributed by atoms with Crippen LogP contribution in [0.25, 0.3) is 0 Å². The number of rotatable bonds is 9. The topological polar surface area (TPSA) is 162 Å². The molecule has 1 fully saturated rings. The van der Waals surface area contributed by atoms with E-state index in [-0.39, 0.29) is 64.8 Å². The third-order valence-corrected chi connectivity index (χ3v) is 6.96. The first-order valence-corrected chi connectivity index (χ1v) is 12.4. The van der Waals surface area contributed by atoms with Crippen LogP contribution in [0.1, 0.15) is 19.8 Å². The van der Waals surface area contributed by atoms with Gasteiger partial charge in [-0.3, -0.25) is 28.9 Å². The zero-order chi connectivity index (χ0) is 23.4. The van der Waals surface area contributed by atoms with E-state index in [0.717, 1.165) is 6.42 Å². The molecule has 0 radical (unpaired) electrons. The van der Waals surface area contributed by atoms with E-state index in [4.69, 9.17) is 5.11 Å². The second-order valence-electron chi connectivity index (χ2n) is 7.79. The fourth-order valence-corrected chi connectivity index (χ4v) is 5.22. The summed E-state index contributed by atoms with van der Waals surface area (Å²) >= 11 is 0. The van der Waals surface area contributed by atoms with Crippen molar-refractivity contribution in [2.75, 3.05) is 77.9 Å². The van der Waals surface area contributed by atoms with Crippen molar-refractivity contribution >= 4 is 25.4 Å². The maximum Gasteiger partial charge on any atom is 0.407 e. The van der Waals surface area contributed by atoms with Gasteiger partial charge in [0.15, 0.2) is 0 Å². The minimum atomic E-state index is -3.42. The number of carboxylic acid groups (broad SMARTS) is 3. The summed E-state index contributed by atoms with van der Waals surface area (Å²) in [4.78, 5) is 50.4. The summed E-state index contributed by atoms with van der Waals surface area (Å²) in [7, 11) is -3.42. The highest BCUT2D eigenvalue weighted by Crippen LogP contribution is 2.41. The molecule has 1 heterocycles. The van der Waals surface area contributed by atoms with Crippen molar-refractivity contribution in [3.63, 3.8) is 0 Å². The van der Waals surface area contributed by atoms with Gasteiger partial charge < -0.3 is 25.1 Å². The van der Waals surface area contributed by atoms with E-state index < -0.39 is 25.4 Å². The minimum absolute atomic E-state index is 0.0769. The molecule has 12 nitrogen and oxygen atoms in total. The molecule has 31 heavy (non-hydrogen) atoms. The van der Waals surface area contributed by atoms with E-state index in [2.05, 4.69) is 0 Å². The number of aliphatic carboxylic acids is 2. The van der Waals surface area contributed by atoms with Crippen molar-refractivity contribution in [2.45, 2.75) is 19.8 Å². The van der Waals surface area contributed by atoms with Crippen molar-refractivity contribution < 1.29 is 39.2 Å². The first-order valence-electron chi connectivity index (χ1n) is 10.4. The highest BCUT2D eigenvalue weighted by Gasteiger charge is 2.25. The van der Waals surface area contributed by atoms with Crippen LogP contribution < -0.4 is 0 Å². The van der Waals surface area contributed by atoms with E-state index in [1.807, 2.05) is 6.92 Å². The molecule has 1 rings (SSSR count). The highest BCUT2D eigenvalue weighted by molar-refractivity contribution is 7.57. The summed E-state index contributed by atoms with van der Waals surface area (Å²) < 4.78 is 12.6. The predicted molar refractivity (Wildman–Crippen MR) is 114 cm³/mol. The lowest BCUT2D eigenvalue weighted by Gasteiger charge is -2.33. The number of carbonyl (C=O) groups is 3. The van der Waals surface area contributed by atoms with Crippen LogP contribution in [0.5, 0.6) is 0 Å². The van der Waals surface area contributed by atoms with E-state index >= 15 is 0 Å². The lowest BCUT2D eigenvalue weighted by Crippen LogP contribution is -2.48. The van der Waals surface area contributed by atoms with Crippen LogP contribution in [-0.2, 0) is 14.2 Å². The summed E-state index contributed by atoms with van der Waals surface area (Å²) in [5.41, 5.74) is 0. The Morgan fingerprint density at radius 3 is 1.61 bits per heavy atom. The zero-order valence-electron chi connectivity index (χ0n) is 18.1. The van der Waals surface area contributed by atoms with Crippen LogP contribution in [0.15, 0.2) is 0 Å². The molecule has 1 aliphatic heterocycles. The van der Waals surface area contributed by atoms with Gasteiger partial charge in [0.2, 0.25) is 7.37 Å². The first kappa shape index (κ1) is 27.3. The number of carboxylic acids is 2. The fraction of sp³-hybridized carbons (Fsp3) is 0.833. The molecule has 0 bridgehead atoms. The number of hydrogen-bond donors (Lipinski definition) is 4. The smallest absolute Gasteiger partial charge is 0.407 e. The molecule has 0 aromatic heterocycles. The summed E-state index contributed by atoms with van der Waals surface area (Å²) in [5.74, 6) is -2.06. The zero-order valence-corrected chi connectivity index (χ0v) is 19.0. The van der Waals surface area contributed by atoms with Crippen molar-refractivity contribution in [1.82, 2.24) is 19.6 Å². The lowest BCUT2D eigenvalue weighted by molar-refractivity contribution is -0.140. The molecule has 180 valence electrons. The third kappa shape index (κ3) is 12.0. The van der Waals surface area contributed by atoms with Gasteiger partial charge >= 0.3 is 18.0 Å². The predicted octanol–water partition coefficient (Wildman–Crippen LogP) is 0.0832. The van der Waals surface area contributed by atoms with Crippen LogP contribution >= 0.6 is 7.37 Å². The summed E-state index contributed by atoms with van der Waals surface area (Å²) in [6.07, 6.45) is 0.375. The van der Waals surface area contributed by atoms with Gasteiger partial charge in [0, 0.05) is 58.5 Å². The number of unbranched alkanes of at least 4 members (excludes halogenated alkanes) is 1. The van der Waals surface area contributed by atoms with Crippen LogP contribution in [0, 0.1) is 0 Å². The molecule has 4 N–H and O–H groups in total. The standard InChI is InChI=1S/C18H35N4O8P/c1-2-3-12-31(29,30)15-21-7-6-19(13-16(23)24)4-5-20(14-17(25)26)8-10-22(11-9-21)18(27)28/h2-15H2,1H3,(H,23,24)(H,25,26)(H,27,28)(H,29,30). The van der Waals surface area contributed by atoms with Crippen LogP contribution in [0.4, 0.5) is 4.79 Å². The van der Waals surface area contributed by atoms with Crippen molar-refractivity contribution in [3.8, 4) is 0 Å². The summed E-state index contributed by atoms with van der Waals surface area (Å²) in [6.45, 7) is 3.18. The molecule has 1 aliphatic rings. The van der Waals surface area contributed by atoms with E-state index in [1.54, 1.807) is 14.7 Å². The van der Waals surface area contributed by atoms with E-state index in [0.29, 0.717) is 19.5 Å². The van der Waals surface area contributed by atoms with Gasteiger partial charge in [0.05, 0.1) is 19.4 Å². The van der Waals surface area contributed by atoms with Gasteiger partial charge in [-0.2, -0.15) is 0 Å². The van der Waals surface area contributed by atoms with Gasteiger partial charge in [0.1, 0.15) is 0 Å². The highest BCUT2D eigenvalue weighted by atomic mass is 31.2. The molecular weight excluding hydrogens is 431 g/mol. The third-order valence-electron chi connectivity index (χ3n) is 5.11. The monoisotopic (exact) mass is 466 g/mol. The van der Waals surface area contributed by atoms with Gasteiger partial charge in [-0.05, 0) is 6.42 Å². The maximum absolute atomic E-state index is 12.6. The van der Waals surface area contributed by atoms with Gasteiger partial charge in [-0.25, -0.2) is 4.79 Å². The maximum atomic E-state index is 12.6. The number of nitrogens with zero attached hydrogens (tertiary/aromatic N) is 4. The Bertz CT molecular complexity index is 650. The molecule has 1 amide bonds.